The molecule has 106 valence electrons. The number of rotatable bonds is 7. The molecule has 0 saturated carbocycles. The lowest BCUT2D eigenvalue weighted by molar-refractivity contribution is -0.141. The molecule has 1 aromatic rings. The Labute approximate surface area is 111 Å². The summed E-state index contributed by atoms with van der Waals surface area (Å²) in [6, 6.07) is 0.193. The summed E-state index contributed by atoms with van der Waals surface area (Å²) in [5.74, 6) is -0.926. The first-order valence-corrected chi connectivity index (χ1v) is 6.15. The fraction of sp³-hybridized carbons (Fsp3) is 0.583. The minimum absolute atomic E-state index is 0.0210. The second-order valence-corrected chi connectivity index (χ2v) is 3.55. The van der Waals surface area contributed by atoms with Gasteiger partial charge in [0.2, 0.25) is 0 Å². The molecule has 0 bridgehead atoms. The number of hydrogen-bond donors (Lipinski definition) is 0. The molecule has 0 aliphatic rings. The summed E-state index contributed by atoms with van der Waals surface area (Å²) in [6.07, 6.45) is 1.21. The summed E-state index contributed by atoms with van der Waals surface area (Å²) >= 11 is 0. The molecule has 0 amide bonds. The molecule has 19 heavy (non-hydrogen) atoms. The minimum atomic E-state index is -0.551. The molecule has 0 unspecified atom stereocenters. The number of oxazole rings is 1. The number of likely N-dealkylation sites (N-methyl/N-ethyl adjacent to an activating group) is 1. The van der Waals surface area contributed by atoms with Gasteiger partial charge in [0.1, 0.15) is 12.8 Å². The largest absolute Gasteiger partial charge is 0.465 e. The number of anilines is 1. The summed E-state index contributed by atoms with van der Waals surface area (Å²) < 4.78 is 14.8. The van der Waals surface area contributed by atoms with Gasteiger partial charge in [0.25, 0.3) is 6.01 Å². The molecule has 7 nitrogen and oxygen atoms in total. The van der Waals surface area contributed by atoms with Crippen molar-refractivity contribution in [3.05, 3.63) is 12.0 Å². The van der Waals surface area contributed by atoms with Gasteiger partial charge in [-0.1, -0.05) is 0 Å². The van der Waals surface area contributed by atoms with E-state index in [9.17, 15) is 9.59 Å². The van der Waals surface area contributed by atoms with Crippen molar-refractivity contribution in [2.75, 3.05) is 31.2 Å². The zero-order chi connectivity index (χ0) is 14.3. The van der Waals surface area contributed by atoms with E-state index in [1.54, 1.807) is 18.7 Å². The number of nitrogens with zero attached hydrogens (tertiary/aromatic N) is 2. The monoisotopic (exact) mass is 270 g/mol. The third kappa shape index (κ3) is 4.27. The summed E-state index contributed by atoms with van der Waals surface area (Å²) in [5, 5.41) is 0. The molecule has 7 heteroatoms. The molecule has 0 saturated heterocycles. The van der Waals surface area contributed by atoms with Gasteiger partial charge in [-0.3, -0.25) is 4.79 Å². The van der Waals surface area contributed by atoms with E-state index in [1.807, 2.05) is 6.92 Å². The summed E-state index contributed by atoms with van der Waals surface area (Å²) in [4.78, 5) is 28.4. The highest BCUT2D eigenvalue weighted by molar-refractivity contribution is 5.87. The zero-order valence-electron chi connectivity index (χ0n) is 11.3. The molecular formula is C12H18N2O5. The molecule has 0 aliphatic heterocycles. The molecule has 1 rings (SSSR count). The molecule has 0 N–H and O–H groups in total. The Hall–Kier alpha value is -2.05. The Kier molecular flexibility index (Phi) is 5.84. The lowest BCUT2D eigenvalue weighted by atomic mass is 10.5. The molecule has 0 radical (unpaired) electrons. The Bertz CT molecular complexity index is 430. The SMILES string of the molecule is CCOC(=O)CN(CC)c1nc(C(=O)OCC)co1. The normalized spacial score (nSPS) is 10.1. The van der Waals surface area contributed by atoms with Crippen molar-refractivity contribution in [3.63, 3.8) is 0 Å². The van der Waals surface area contributed by atoms with Gasteiger partial charge in [0.05, 0.1) is 13.2 Å². The van der Waals surface area contributed by atoms with E-state index in [0.717, 1.165) is 0 Å². The average molecular weight is 270 g/mol. The molecule has 0 fully saturated rings. The first-order valence-electron chi connectivity index (χ1n) is 6.15. The van der Waals surface area contributed by atoms with Crippen LogP contribution in [0.15, 0.2) is 10.7 Å². The Morgan fingerprint density at radius 3 is 2.53 bits per heavy atom. The van der Waals surface area contributed by atoms with E-state index in [-0.39, 0.29) is 30.8 Å². The van der Waals surface area contributed by atoms with Crippen molar-refractivity contribution in [2.45, 2.75) is 20.8 Å². The van der Waals surface area contributed by atoms with Gasteiger partial charge in [-0.05, 0) is 20.8 Å². The van der Waals surface area contributed by atoms with Gasteiger partial charge in [-0.25, -0.2) is 4.79 Å². The summed E-state index contributed by atoms with van der Waals surface area (Å²) in [5.41, 5.74) is 0.0826. The first-order chi connectivity index (χ1) is 9.12. The maximum atomic E-state index is 11.4. The number of carbonyl (C=O) groups excluding carboxylic acids is 2. The van der Waals surface area contributed by atoms with Crippen LogP contribution in [-0.4, -0.2) is 43.2 Å². The quantitative estimate of drug-likeness (QED) is 0.689. The Morgan fingerprint density at radius 1 is 1.26 bits per heavy atom. The van der Waals surface area contributed by atoms with Crippen molar-refractivity contribution < 1.29 is 23.5 Å². The maximum absolute atomic E-state index is 11.4. The predicted molar refractivity (Wildman–Crippen MR) is 67.0 cm³/mol. The smallest absolute Gasteiger partial charge is 0.360 e. The molecule has 1 aromatic heterocycles. The van der Waals surface area contributed by atoms with Crippen molar-refractivity contribution in [1.82, 2.24) is 4.98 Å². The van der Waals surface area contributed by atoms with E-state index < -0.39 is 5.97 Å². The summed E-state index contributed by atoms with van der Waals surface area (Å²) in [6.45, 7) is 6.38. The maximum Gasteiger partial charge on any atom is 0.360 e. The molecule has 0 spiro atoms. The van der Waals surface area contributed by atoms with Gasteiger partial charge in [0.15, 0.2) is 5.69 Å². The molecule has 1 heterocycles. The second kappa shape index (κ2) is 7.40. The third-order valence-electron chi connectivity index (χ3n) is 2.25. The van der Waals surface area contributed by atoms with Crippen LogP contribution in [0.1, 0.15) is 31.3 Å². The topological polar surface area (TPSA) is 81.9 Å². The number of esters is 2. The van der Waals surface area contributed by atoms with Gasteiger partial charge in [-0.2, -0.15) is 4.98 Å². The van der Waals surface area contributed by atoms with Crippen molar-refractivity contribution in [2.24, 2.45) is 0 Å². The molecule has 0 aliphatic carbocycles. The van der Waals surface area contributed by atoms with E-state index >= 15 is 0 Å². The second-order valence-electron chi connectivity index (χ2n) is 3.55. The van der Waals surface area contributed by atoms with Crippen LogP contribution in [0.2, 0.25) is 0 Å². The van der Waals surface area contributed by atoms with Gasteiger partial charge >= 0.3 is 11.9 Å². The van der Waals surface area contributed by atoms with Crippen molar-refractivity contribution >= 4 is 18.0 Å². The highest BCUT2D eigenvalue weighted by atomic mass is 16.5. The van der Waals surface area contributed by atoms with E-state index in [0.29, 0.717) is 13.2 Å². The van der Waals surface area contributed by atoms with Crippen LogP contribution in [0.3, 0.4) is 0 Å². The first kappa shape index (κ1) is 15.0. The average Bonchev–Trinajstić information content (AvgIpc) is 2.86. The van der Waals surface area contributed by atoms with Gasteiger partial charge in [-0.15, -0.1) is 0 Å². The molecular weight excluding hydrogens is 252 g/mol. The van der Waals surface area contributed by atoms with E-state index in [4.69, 9.17) is 13.9 Å². The number of aromatic nitrogens is 1. The Morgan fingerprint density at radius 2 is 1.95 bits per heavy atom. The zero-order valence-corrected chi connectivity index (χ0v) is 11.3. The van der Waals surface area contributed by atoms with Gasteiger partial charge in [0, 0.05) is 6.54 Å². The lowest BCUT2D eigenvalue weighted by Gasteiger charge is -2.16. The summed E-state index contributed by atoms with van der Waals surface area (Å²) in [7, 11) is 0. The fourth-order valence-corrected chi connectivity index (χ4v) is 1.39. The van der Waals surface area contributed by atoms with Crippen LogP contribution in [0.5, 0.6) is 0 Å². The van der Waals surface area contributed by atoms with Gasteiger partial charge < -0.3 is 18.8 Å². The van der Waals surface area contributed by atoms with Crippen molar-refractivity contribution in [1.29, 1.82) is 0 Å². The van der Waals surface area contributed by atoms with Crippen LogP contribution in [0.4, 0.5) is 6.01 Å². The number of carbonyl (C=O) groups is 2. The highest BCUT2D eigenvalue weighted by Crippen LogP contribution is 2.14. The lowest BCUT2D eigenvalue weighted by Crippen LogP contribution is -2.31. The number of hydrogen-bond acceptors (Lipinski definition) is 7. The van der Waals surface area contributed by atoms with Crippen molar-refractivity contribution in [3.8, 4) is 0 Å². The van der Waals surface area contributed by atoms with Crippen LogP contribution in [0, 0.1) is 0 Å². The van der Waals surface area contributed by atoms with Crippen LogP contribution in [-0.2, 0) is 14.3 Å². The third-order valence-corrected chi connectivity index (χ3v) is 2.25. The standard InChI is InChI=1S/C12H18N2O5/c1-4-14(7-10(15)17-5-2)12-13-9(8-19-12)11(16)18-6-3/h8H,4-7H2,1-3H3. The molecule has 0 atom stereocenters. The van der Waals surface area contributed by atoms with Crippen LogP contribution in [0.25, 0.3) is 0 Å². The number of ether oxygens (including phenoxy) is 2. The minimum Gasteiger partial charge on any atom is -0.465 e. The van der Waals surface area contributed by atoms with E-state index in [2.05, 4.69) is 4.98 Å². The predicted octanol–water partition coefficient (Wildman–Crippen LogP) is 1.24. The van der Waals surface area contributed by atoms with E-state index in [1.165, 1.54) is 6.26 Å². The highest BCUT2D eigenvalue weighted by Gasteiger charge is 2.19. The fourth-order valence-electron chi connectivity index (χ4n) is 1.39. The Balaban J connectivity index is 2.71. The van der Waals surface area contributed by atoms with Crippen LogP contribution >= 0.6 is 0 Å². The molecule has 0 aromatic carbocycles. The van der Waals surface area contributed by atoms with Crippen LogP contribution < -0.4 is 4.90 Å².